The van der Waals surface area contributed by atoms with Crippen LogP contribution in [0.2, 0.25) is 0 Å². The molecule has 0 spiro atoms. The maximum absolute atomic E-state index is 11.7. The first-order valence-electron chi connectivity index (χ1n) is 5.05. The summed E-state index contributed by atoms with van der Waals surface area (Å²) in [5.74, 6) is -0.164. The van der Waals surface area contributed by atoms with Gasteiger partial charge in [0.2, 0.25) is 0 Å². The third-order valence-electron chi connectivity index (χ3n) is 2.06. The van der Waals surface area contributed by atoms with E-state index in [2.05, 4.69) is 31.2 Å². The minimum atomic E-state index is -0.164. The van der Waals surface area contributed by atoms with Crippen molar-refractivity contribution in [2.75, 3.05) is 6.54 Å². The molecule has 1 amide bonds. The van der Waals surface area contributed by atoms with Gasteiger partial charge in [-0.05, 0) is 28.1 Å². The van der Waals surface area contributed by atoms with Crippen molar-refractivity contribution in [2.24, 2.45) is 0 Å². The molecule has 0 unspecified atom stereocenters. The summed E-state index contributed by atoms with van der Waals surface area (Å²) in [7, 11) is 0. The van der Waals surface area contributed by atoms with Crippen LogP contribution >= 0.6 is 27.3 Å². The van der Waals surface area contributed by atoms with Gasteiger partial charge in [-0.3, -0.25) is 4.79 Å². The van der Waals surface area contributed by atoms with Crippen molar-refractivity contribution in [3.8, 4) is 0 Å². The number of carbonyl (C=O) groups is 1. The van der Waals surface area contributed by atoms with E-state index in [9.17, 15) is 4.79 Å². The lowest BCUT2D eigenvalue weighted by atomic mass is 10.3. The summed E-state index contributed by atoms with van der Waals surface area (Å²) in [6.45, 7) is 0.570. The van der Waals surface area contributed by atoms with E-state index in [1.165, 1.54) is 0 Å². The summed E-state index contributed by atoms with van der Waals surface area (Å²) in [6, 6.07) is 5.25. The fourth-order valence-corrected chi connectivity index (χ4v) is 2.25. The first kappa shape index (κ1) is 12.2. The summed E-state index contributed by atoms with van der Waals surface area (Å²) >= 11 is 4.82. The van der Waals surface area contributed by atoms with Gasteiger partial charge < -0.3 is 5.32 Å². The van der Waals surface area contributed by atoms with Crippen LogP contribution in [0.25, 0.3) is 0 Å². The molecule has 4 nitrogen and oxygen atoms in total. The van der Waals surface area contributed by atoms with Gasteiger partial charge in [-0.25, -0.2) is 9.97 Å². The first-order valence-corrected chi connectivity index (χ1v) is 6.72. The van der Waals surface area contributed by atoms with Crippen LogP contribution in [0.1, 0.15) is 15.5 Å². The zero-order valence-corrected chi connectivity index (χ0v) is 11.3. The molecule has 2 rings (SSSR count). The standard InChI is InChI=1S/C11H10BrN3OS/c12-9-3-1-2-8(15-9)11(16)14-5-4-10-13-6-7-17-10/h1-3,6-7H,4-5H2,(H,14,16). The zero-order chi connectivity index (χ0) is 12.1. The van der Waals surface area contributed by atoms with Crippen molar-refractivity contribution in [1.29, 1.82) is 0 Å². The van der Waals surface area contributed by atoms with E-state index < -0.39 is 0 Å². The number of carbonyl (C=O) groups excluding carboxylic acids is 1. The van der Waals surface area contributed by atoms with Crippen molar-refractivity contribution >= 4 is 33.2 Å². The SMILES string of the molecule is O=C(NCCc1nccs1)c1cccc(Br)n1. The van der Waals surface area contributed by atoms with E-state index in [4.69, 9.17) is 0 Å². The predicted molar refractivity (Wildman–Crippen MR) is 70.1 cm³/mol. The van der Waals surface area contributed by atoms with Crippen LogP contribution in [0, 0.1) is 0 Å². The molecule has 2 aromatic heterocycles. The van der Waals surface area contributed by atoms with Gasteiger partial charge in [-0.15, -0.1) is 11.3 Å². The molecule has 0 aliphatic rings. The molecule has 0 saturated carbocycles. The Bertz CT molecular complexity index is 501. The highest BCUT2D eigenvalue weighted by Gasteiger charge is 2.06. The third kappa shape index (κ3) is 3.61. The zero-order valence-electron chi connectivity index (χ0n) is 8.89. The number of hydrogen-bond acceptors (Lipinski definition) is 4. The molecule has 0 bridgehead atoms. The quantitative estimate of drug-likeness (QED) is 0.881. The van der Waals surface area contributed by atoms with E-state index in [1.54, 1.807) is 35.7 Å². The maximum atomic E-state index is 11.7. The Labute approximate surface area is 111 Å². The van der Waals surface area contributed by atoms with Crippen molar-refractivity contribution in [2.45, 2.75) is 6.42 Å². The summed E-state index contributed by atoms with van der Waals surface area (Å²) in [5, 5.41) is 5.75. The number of rotatable bonds is 4. The number of hydrogen-bond donors (Lipinski definition) is 1. The first-order chi connectivity index (χ1) is 8.25. The van der Waals surface area contributed by atoms with Gasteiger partial charge in [0, 0.05) is 24.5 Å². The summed E-state index contributed by atoms with van der Waals surface area (Å²) < 4.78 is 0.657. The van der Waals surface area contributed by atoms with Crippen LogP contribution in [0.4, 0.5) is 0 Å². The highest BCUT2D eigenvalue weighted by Crippen LogP contribution is 2.06. The lowest BCUT2D eigenvalue weighted by molar-refractivity contribution is 0.0949. The molecule has 0 radical (unpaired) electrons. The number of amides is 1. The monoisotopic (exact) mass is 311 g/mol. The Morgan fingerprint density at radius 1 is 1.47 bits per heavy atom. The minimum Gasteiger partial charge on any atom is -0.350 e. The number of nitrogens with zero attached hydrogens (tertiary/aromatic N) is 2. The Kier molecular flexibility index (Phi) is 4.22. The van der Waals surface area contributed by atoms with E-state index >= 15 is 0 Å². The van der Waals surface area contributed by atoms with E-state index in [0.717, 1.165) is 11.4 Å². The fraction of sp³-hybridized carbons (Fsp3) is 0.182. The van der Waals surface area contributed by atoms with E-state index in [-0.39, 0.29) is 5.91 Å². The average molecular weight is 312 g/mol. The number of pyridine rings is 1. The van der Waals surface area contributed by atoms with Crippen LogP contribution in [0.5, 0.6) is 0 Å². The Morgan fingerprint density at radius 2 is 2.35 bits per heavy atom. The maximum Gasteiger partial charge on any atom is 0.269 e. The normalized spacial score (nSPS) is 10.2. The molecule has 2 aromatic rings. The second-order valence-electron chi connectivity index (χ2n) is 3.28. The highest BCUT2D eigenvalue weighted by molar-refractivity contribution is 9.10. The number of aromatic nitrogens is 2. The molecule has 88 valence electrons. The molecule has 0 atom stereocenters. The molecule has 17 heavy (non-hydrogen) atoms. The number of nitrogens with one attached hydrogen (secondary N) is 1. The predicted octanol–water partition coefficient (Wildman–Crippen LogP) is 2.27. The number of thiazole rings is 1. The molecule has 0 aromatic carbocycles. The molecule has 0 aliphatic carbocycles. The molecule has 0 aliphatic heterocycles. The molecule has 0 saturated heterocycles. The van der Waals surface area contributed by atoms with Crippen LogP contribution < -0.4 is 5.32 Å². The van der Waals surface area contributed by atoms with Crippen molar-refractivity contribution in [3.05, 3.63) is 45.1 Å². The van der Waals surface area contributed by atoms with Gasteiger partial charge in [0.25, 0.3) is 5.91 Å². The summed E-state index contributed by atoms with van der Waals surface area (Å²) in [5.41, 5.74) is 0.415. The minimum absolute atomic E-state index is 0.164. The van der Waals surface area contributed by atoms with E-state index in [0.29, 0.717) is 16.8 Å². The van der Waals surface area contributed by atoms with Gasteiger partial charge in [0.1, 0.15) is 10.3 Å². The van der Waals surface area contributed by atoms with Gasteiger partial charge in [0.05, 0.1) is 5.01 Å². The molecule has 6 heteroatoms. The van der Waals surface area contributed by atoms with Crippen molar-refractivity contribution in [1.82, 2.24) is 15.3 Å². The fourth-order valence-electron chi connectivity index (χ4n) is 1.28. The smallest absolute Gasteiger partial charge is 0.269 e. The second kappa shape index (κ2) is 5.88. The molecular formula is C11H10BrN3OS. The lowest BCUT2D eigenvalue weighted by Crippen LogP contribution is -2.26. The van der Waals surface area contributed by atoms with Crippen LogP contribution in [0.3, 0.4) is 0 Å². The Morgan fingerprint density at radius 3 is 3.06 bits per heavy atom. The Balaban J connectivity index is 1.85. The molecule has 2 heterocycles. The summed E-state index contributed by atoms with van der Waals surface area (Å²) in [6.07, 6.45) is 2.51. The van der Waals surface area contributed by atoms with Crippen LogP contribution in [0.15, 0.2) is 34.4 Å². The van der Waals surface area contributed by atoms with Gasteiger partial charge in [0.15, 0.2) is 0 Å². The van der Waals surface area contributed by atoms with Crippen LogP contribution in [-0.2, 0) is 6.42 Å². The van der Waals surface area contributed by atoms with E-state index in [1.807, 2.05) is 5.38 Å². The topological polar surface area (TPSA) is 54.9 Å². The lowest BCUT2D eigenvalue weighted by Gasteiger charge is -2.03. The largest absolute Gasteiger partial charge is 0.350 e. The molecule has 1 N–H and O–H groups in total. The van der Waals surface area contributed by atoms with Crippen molar-refractivity contribution < 1.29 is 4.79 Å². The highest BCUT2D eigenvalue weighted by atomic mass is 79.9. The summed E-state index contributed by atoms with van der Waals surface area (Å²) in [4.78, 5) is 19.9. The number of halogens is 1. The molecule has 0 fully saturated rings. The van der Waals surface area contributed by atoms with Gasteiger partial charge in [-0.2, -0.15) is 0 Å². The van der Waals surface area contributed by atoms with Gasteiger partial charge in [-0.1, -0.05) is 6.07 Å². The Hall–Kier alpha value is -1.27. The average Bonchev–Trinajstić information content (AvgIpc) is 2.82. The van der Waals surface area contributed by atoms with Gasteiger partial charge >= 0.3 is 0 Å². The van der Waals surface area contributed by atoms with Crippen LogP contribution in [-0.4, -0.2) is 22.4 Å². The second-order valence-corrected chi connectivity index (χ2v) is 5.07. The molecular weight excluding hydrogens is 302 g/mol. The third-order valence-corrected chi connectivity index (χ3v) is 3.34. The van der Waals surface area contributed by atoms with Crippen molar-refractivity contribution in [3.63, 3.8) is 0 Å².